The number of carbonyl (C=O) groups is 1. The van der Waals surface area contributed by atoms with Crippen molar-refractivity contribution in [1.82, 2.24) is 14.2 Å². The lowest BCUT2D eigenvalue weighted by atomic mass is 10.1. The third kappa shape index (κ3) is 3.83. The molecule has 7 nitrogen and oxygen atoms in total. The van der Waals surface area contributed by atoms with Gasteiger partial charge in [-0.3, -0.25) is 4.79 Å². The molecular formula is C21H23FN4O3S. The molecule has 158 valence electrons. The average Bonchev–Trinajstić information content (AvgIpc) is 3.16. The zero-order chi connectivity index (χ0) is 21.3. The fraction of sp³-hybridized carbons (Fsp3) is 0.286. The van der Waals surface area contributed by atoms with Crippen molar-refractivity contribution < 1.29 is 17.6 Å². The number of aromatic amines is 1. The second-order valence-electron chi connectivity index (χ2n) is 7.28. The van der Waals surface area contributed by atoms with Crippen molar-refractivity contribution in [3.8, 4) is 11.1 Å². The highest BCUT2D eigenvalue weighted by Crippen LogP contribution is 2.30. The number of halogens is 1. The molecule has 0 atom stereocenters. The number of sulfonamides is 1. The predicted octanol–water partition coefficient (Wildman–Crippen LogP) is 2.16. The van der Waals surface area contributed by atoms with Gasteiger partial charge in [0.15, 0.2) is 0 Å². The summed E-state index contributed by atoms with van der Waals surface area (Å²) in [7, 11) is -3.77. The molecule has 1 saturated heterocycles. The molecule has 0 spiro atoms. The van der Waals surface area contributed by atoms with E-state index in [0.717, 1.165) is 16.5 Å². The number of amides is 1. The summed E-state index contributed by atoms with van der Waals surface area (Å²) in [4.78, 5) is 17.1. The molecule has 0 radical (unpaired) electrons. The van der Waals surface area contributed by atoms with Gasteiger partial charge in [-0.05, 0) is 48.9 Å². The molecule has 0 unspecified atom stereocenters. The Kier molecular flexibility index (Phi) is 5.59. The van der Waals surface area contributed by atoms with Crippen LogP contribution in [0.15, 0.2) is 53.6 Å². The zero-order valence-electron chi connectivity index (χ0n) is 16.3. The Balaban J connectivity index is 1.54. The number of nitrogens with one attached hydrogen (secondary N) is 1. The van der Waals surface area contributed by atoms with Crippen molar-refractivity contribution in [2.24, 2.45) is 5.73 Å². The van der Waals surface area contributed by atoms with Crippen LogP contribution in [0.5, 0.6) is 0 Å². The fourth-order valence-electron chi connectivity index (χ4n) is 3.70. The average molecular weight is 431 g/mol. The van der Waals surface area contributed by atoms with Crippen LogP contribution >= 0.6 is 0 Å². The number of hydrogen-bond donors (Lipinski definition) is 2. The van der Waals surface area contributed by atoms with E-state index in [-0.39, 0.29) is 29.7 Å². The molecule has 0 saturated carbocycles. The third-order valence-corrected chi connectivity index (χ3v) is 7.22. The van der Waals surface area contributed by atoms with Crippen LogP contribution in [-0.4, -0.2) is 61.2 Å². The molecule has 2 aromatic carbocycles. The number of aromatic nitrogens is 1. The Morgan fingerprint density at radius 3 is 2.57 bits per heavy atom. The highest BCUT2D eigenvalue weighted by atomic mass is 32.2. The minimum absolute atomic E-state index is 0.139. The molecule has 1 aliphatic rings. The summed E-state index contributed by atoms with van der Waals surface area (Å²) in [6.07, 6.45) is 2.47. The van der Waals surface area contributed by atoms with Gasteiger partial charge in [0, 0.05) is 42.3 Å². The molecule has 9 heteroatoms. The van der Waals surface area contributed by atoms with Crippen molar-refractivity contribution in [1.29, 1.82) is 0 Å². The number of hydrogen-bond acceptors (Lipinski definition) is 4. The number of carbonyl (C=O) groups excluding carboxylic acids is 1. The van der Waals surface area contributed by atoms with E-state index < -0.39 is 10.0 Å². The van der Waals surface area contributed by atoms with E-state index in [0.29, 0.717) is 31.6 Å². The fourth-order valence-corrected chi connectivity index (χ4v) is 5.08. The van der Waals surface area contributed by atoms with E-state index in [4.69, 9.17) is 5.73 Å². The molecular weight excluding hydrogens is 407 g/mol. The van der Waals surface area contributed by atoms with E-state index in [1.54, 1.807) is 29.3 Å². The number of fused-ring (bicyclic) bond motifs is 1. The second-order valence-corrected chi connectivity index (χ2v) is 9.22. The number of H-pyrrole nitrogens is 1. The molecule has 1 aliphatic heterocycles. The minimum Gasteiger partial charge on any atom is -0.360 e. The van der Waals surface area contributed by atoms with Crippen LogP contribution in [0.25, 0.3) is 22.0 Å². The normalized spacial score (nSPS) is 15.8. The Labute approximate surface area is 174 Å². The molecule has 2 heterocycles. The van der Waals surface area contributed by atoms with E-state index in [2.05, 4.69) is 4.98 Å². The molecule has 1 amide bonds. The number of nitrogens with zero attached hydrogens (tertiary/aromatic N) is 2. The van der Waals surface area contributed by atoms with Crippen LogP contribution in [0, 0.1) is 5.82 Å². The summed E-state index contributed by atoms with van der Waals surface area (Å²) in [6.45, 7) is 1.50. The monoisotopic (exact) mass is 430 g/mol. The first-order valence-corrected chi connectivity index (χ1v) is 11.2. The molecule has 1 aromatic heterocycles. The summed E-state index contributed by atoms with van der Waals surface area (Å²) in [5, 5.41) is 0.853. The Bertz CT molecular complexity index is 1170. The van der Waals surface area contributed by atoms with Gasteiger partial charge in [-0.1, -0.05) is 12.1 Å². The first kappa shape index (κ1) is 20.5. The van der Waals surface area contributed by atoms with Crippen LogP contribution in [0.4, 0.5) is 4.39 Å². The van der Waals surface area contributed by atoms with E-state index in [1.807, 2.05) is 0 Å². The maximum absolute atomic E-state index is 13.4. The number of piperazine rings is 1. The van der Waals surface area contributed by atoms with Crippen LogP contribution < -0.4 is 5.73 Å². The molecule has 0 aliphatic carbocycles. The maximum atomic E-state index is 13.4. The van der Waals surface area contributed by atoms with Crippen LogP contribution in [-0.2, 0) is 14.8 Å². The van der Waals surface area contributed by atoms with Crippen LogP contribution in [0.2, 0.25) is 0 Å². The Morgan fingerprint density at radius 1 is 1.10 bits per heavy atom. The minimum atomic E-state index is -3.77. The highest BCUT2D eigenvalue weighted by Gasteiger charge is 2.32. The van der Waals surface area contributed by atoms with Gasteiger partial charge in [0.25, 0.3) is 0 Å². The van der Waals surface area contributed by atoms with Gasteiger partial charge in [-0.15, -0.1) is 0 Å². The lowest BCUT2D eigenvalue weighted by Gasteiger charge is -2.33. The van der Waals surface area contributed by atoms with Gasteiger partial charge in [-0.25, -0.2) is 12.8 Å². The van der Waals surface area contributed by atoms with E-state index in [1.165, 1.54) is 28.6 Å². The first-order chi connectivity index (χ1) is 14.4. The van der Waals surface area contributed by atoms with Crippen molar-refractivity contribution >= 4 is 26.8 Å². The molecule has 3 aromatic rings. The van der Waals surface area contributed by atoms with Gasteiger partial charge < -0.3 is 15.6 Å². The van der Waals surface area contributed by atoms with Gasteiger partial charge in [0.05, 0.1) is 11.4 Å². The maximum Gasteiger partial charge on any atom is 0.243 e. The topological polar surface area (TPSA) is 99.5 Å². The van der Waals surface area contributed by atoms with Crippen LogP contribution in [0.3, 0.4) is 0 Å². The summed E-state index contributed by atoms with van der Waals surface area (Å²) in [5.74, 6) is -0.532. The number of nitrogens with two attached hydrogens (primary N) is 1. The van der Waals surface area contributed by atoms with Gasteiger partial charge >= 0.3 is 0 Å². The summed E-state index contributed by atoms with van der Waals surface area (Å²) in [5.41, 5.74) is 7.83. The summed E-state index contributed by atoms with van der Waals surface area (Å²) >= 11 is 0. The number of benzene rings is 2. The largest absolute Gasteiger partial charge is 0.360 e. The Hall–Kier alpha value is -2.75. The lowest BCUT2D eigenvalue weighted by Crippen LogP contribution is -2.52. The first-order valence-electron chi connectivity index (χ1n) is 9.75. The van der Waals surface area contributed by atoms with Gasteiger partial charge in [0.1, 0.15) is 5.82 Å². The van der Waals surface area contributed by atoms with Crippen LogP contribution in [0.1, 0.15) is 6.42 Å². The van der Waals surface area contributed by atoms with E-state index in [9.17, 15) is 17.6 Å². The molecule has 1 fully saturated rings. The second kappa shape index (κ2) is 8.17. The summed E-state index contributed by atoms with van der Waals surface area (Å²) in [6, 6.07) is 11.0. The van der Waals surface area contributed by atoms with Gasteiger partial charge in [0.2, 0.25) is 15.9 Å². The van der Waals surface area contributed by atoms with Crippen molar-refractivity contribution in [2.75, 3.05) is 32.7 Å². The van der Waals surface area contributed by atoms with Gasteiger partial charge in [-0.2, -0.15) is 4.31 Å². The quantitative estimate of drug-likeness (QED) is 0.626. The smallest absolute Gasteiger partial charge is 0.243 e. The SMILES string of the molecule is NCCCN1CCN(S(=O)(=O)c2ccc(-c3c[nH]c4cc(F)ccc34)cc2)CC1=O. The van der Waals surface area contributed by atoms with E-state index >= 15 is 0 Å². The number of rotatable bonds is 6. The Morgan fingerprint density at radius 2 is 1.87 bits per heavy atom. The van der Waals surface area contributed by atoms with Crippen molar-refractivity contribution in [3.05, 3.63) is 54.5 Å². The predicted molar refractivity (Wildman–Crippen MR) is 113 cm³/mol. The highest BCUT2D eigenvalue weighted by molar-refractivity contribution is 7.89. The zero-order valence-corrected chi connectivity index (χ0v) is 17.2. The third-order valence-electron chi connectivity index (χ3n) is 5.36. The van der Waals surface area contributed by atoms with Crippen molar-refractivity contribution in [3.63, 3.8) is 0 Å². The molecule has 3 N–H and O–H groups in total. The standard InChI is InChI=1S/C21H23FN4O3S/c22-16-4-7-18-19(13-24-20(18)12-16)15-2-5-17(6-3-15)30(28,29)26-11-10-25(9-1-8-23)21(27)14-26/h2-7,12-13,24H,1,8-11,14,23H2. The molecule has 30 heavy (non-hydrogen) atoms. The molecule has 0 bridgehead atoms. The summed E-state index contributed by atoms with van der Waals surface area (Å²) < 4.78 is 40.6. The lowest BCUT2D eigenvalue weighted by molar-refractivity contribution is -0.134. The van der Waals surface area contributed by atoms with Crippen molar-refractivity contribution in [2.45, 2.75) is 11.3 Å². The molecule has 4 rings (SSSR count).